The minimum atomic E-state index is -0.334. The van der Waals surface area contributed by atoms with Gasteiger partial charge in [-0.3, -0.25) is 4.68 Å². The van der Waals surface area contributed by atoms with Crippen LogP contribution in [0.1, 0.15) is 12.5 Å². The number of hydrogen-bond acceptors (Lipinski definition) is 4. The number of rotatable bonds is 5. The molecule has 0 atom stereocenters. The molecule has 0 fully saturated rings. The second-order valence-electron chi connectivity index (χ2n) is 5.29. The number of nitrogens with two attached hydrogens (primary N) is 1. The Bertz CT molecular complexity index is 944. The number of imidazole rings is 1. The van der Waals surface area contributed by atoms with Crippen molar-refractivity contribution in [3.05, 3.63) is 48.2 Å². The molecule has 24 heavy (non-hydrogen) atoms. The molecule has 2 N–H and O–H groups in total. The number of nitriles is 1. The first-order chi connectivity index (χ1) is 11.7. The summed E-state index contributed by atoms with van der Waals surface area (Å²) in [7, 11) is 0. The number of hydrogen-bond donors (Lipinski definition) is 1. The molecule has 2 heterocycles. The molecular weight excluding hydrogens is 307 g/mol. The molecule has 3 aromatic rings. The van der Waals surface area contributed by atoms with E-state index in [9.17, 15) is 9.65 Å². The van der Waals surface area contributed by atoms with Crippen LogP contribution in [0.25, 0.3) is 22.3 Å². The van der Waals surface area contributed by atoms with Crippen molar-refractivity contribution in [2.45, 2.75) is 20.0 Å². The van der Waals surface area contributed by atoms with Crippen molar-refractivity contribution in [2.75, 3.05) is 6.54 Å². The maximum atomic E-state index is 13.8. The summed E-state index contributed by atoms with van der Waals surface area (Å²) in [6.45, 7) is 2.88. The maximum Gasteiger partial charge on any atom is 0.117 e. The van der Waals surface area contributed by atoms with Gasteiger partial charge in [0.1, 0.15) is 5.83 Å². The third-order valence-corrected chi connectivity index (χ3v) is 3.81. The molecule has 0 aliphatic carbocycles. The van der Waals surface area contributed by atoms with Crippen LogP contribution in [0.2, 0.25) is 0 Å². The Morgan fingerprint density at radius 3 is 3.00 bits per heavy atom. The van der Waals surface area contributed by atoms with Crippen LogP contribution in [0.5, 0.6) is 0 Å². The molecule has 0 unspecified atom stereocenters. The monoisotopic (exact) mass is 324 g/mol. The van der Waals surface area contributed by atoms with Crippen molar-refractivity contribution >= 4 is 11.0 Å². The predicted molar refractivity (Wildman–Crippen MR) is 89.6 cm³/mol. The molecule has 0 spiro atoms. The molecule has 1 aromatic carbocycles. The lowest BCUT2D eigenvalue weighted by molar-refractivity contribution is 0.558. The Kier molecular flexibility index (Phi) is 4.40. The normalized spacial score (nSPS) is 11.8. The molecule has 6 nitrogen and oxygen atoms in total. The van der Waals surface area contributed by atoms with Crippen LogP contribution in [0.4, 0.5) is 4.39 Å². The van der Waals surface area contributed by atoms with E-state index < -0.39 is 0 Å². The van der Waals surface area contributed by atoms with E-state index in [0.717, 1.165) is 11.3 Å². The van der Waals surface area contributed by atoms with Gasteiger partial charge in [-0.2, -0.15) is 10.4 Å². The molecule has 122 valence electrons. The van der Waals surface area contributed by atoms with Gasteiger partial charge in [-0.05, 0) is 31.2 Å². The third-order valence-electron chi connectivity index (χ3n) is 3.81. The van der Waals surface area contributed by atoms with Crippen LogP contribution < -0.4 is 5.73 Å². The standard InChI is InChI=1S/C17H17FN6/c1-2-24-15(4-6-22-24)14-7-12(9-20)8-16-17(14)21-11-23(16)10-13(18)3-5-19/h3-4,6-8,11H,2,5,10,19H2,1H3. The molecular formula is C17H17FN6. The zero-order valence-electron chi connectivity index (χ0n) is 13.3. The van der Waals surface area contributed by atoms with E-state index in [1.165, 1.54) is 6.08 Å². The fourth-order valence-corrected chi connectivity index (χ4v) is 2.72. The number of nitrogens with zero attached hydrogens (tertiary/aromatic N) is 5. The van der Waals surface area contributed by atoms with E-state index in [0.29, 0.717) is 23.1 Å². The lowest BCUT2D eigenvalue weighted by Crippen LogP contribution is -2.01. The highest BCUT2D eigenvalue weighted by atomic mass is 19.1. The first kappa shape index (κ1) is 15.9. The third kappa shape index (κ3) is 2.79. The Labute approximate surface area is 138 Å². The largest absolute Gasteiger partial charge is 0.327 e. The number of fused-ring (bicyclic) bond motifs is 1. The Hall–Kier alpha value is -2.98. The molecule has 0 amide bonds. The van der Waals surface area contributed by atoms with Crippen molar-refractivity contribution in [3.63, 3.8) is 0 Å². The first-order valence-electron chi connectivity index (χ1n) is 7.63. The fourth-order valence-electron chi connectivity index (χ4n) is 2.72. The van der Waals surface area contributed by atoms with Crippen LogP contribution in [-0.4, -0.2) is 25.9 Å². The zero-order valence-corrected chi connectivity index (χ0v) is 13.3. The maximum absolute atomic E-state index is 13.8. The van der Waals surface area contributed by atoms with E-state index in [2.05, 4.69) is 16.2 Å². The number of allylic oxidation sites excluding steroid dienone is 1. The highest BCUT2D eigenvalue weighted by Gasteiger charge is 2.15. The second-order valence-corrected chi connectivity index (χ2v) is 5.29. The Morgan fingerprint density at radius 2 is 2.29 bits per heavy atom. The van der Waals surface area contributed by atoms with Crippen LogP contribution in [-0.2, 0) is 13.1 Å². The van der Waals surface area contributed by atoms with Gasteiger partial charge in [-0.1, -0.05) is 0 Å². The summed E-state index contributed by atoms with van der Waals surface area (Å²) in [5, 5.41) is 13.6. The summed E-state index contributed by atoms with van der Waals surface area (Å²) in [6.07, 6.45) is 4.61. The van der Waals surface area contributed by atoms with Gasteiger partial charge in [0.2, 0.25) is 0 Å². The average molecular weight is 324 g/mol. The summed E-state index contributed by atoms with van der Waals surface area (Å²) in [5.41, 5.74) is 8.94. The van der Waals surface area contributed by atoms with E-state index in [-0.39, 0.29) is 18.9 Å². The Balaban J connectivity index is 2.19. The van der Waals surface area contributed by atoms with Crippen LogP contribution in [0.3, 0.4) is 0 Å². The molecule has 0 saturated carbocycles. The lowest BCUT2D eigenvalue weighted by atomic mass is 10.1. The molecule has 0 aliphatic rings. The van der Waals surface area contributed by atoms with E-state index in [1.807, 2.05) is 17.7 Å². The van der Waals surface area contributed by atoms with E-state index in [4.69, 9.17) is 5.73 Å². The van der Waals surface area contributed by atoms with E-state index >= 15 is 0 Å². The predicted octanol–water partition coefficient (Wildman–Crippen LogP) is 2.60. The van der Waals surface area contributed by atoms with Crippen LogP contribution in [0, 0.1) is 11.3 Å². The average Bonchev–Trinajstić information content (AvgIpc) is 3.21. The van der Waals surface area contributed by atoms with Crippen molar-refractivity contribution in [1.82, 2.24) is 19.3 Å². The summed E-state index contributed by atoms with van der Waals surface area (Å²) in [5.74, 6) is -0.334. The van der Waals surface area contributed by atoms with Crippen molar-refractivity contribution in [2.24, 2.45) is 5.73 Å². The zero-order chi connectivity index (χ0) is 17.1. The van der Waals surface area contributed by atoms with Gasteiger partial charge < -0.3 is 10.3 Å². The number of aryl methyl sites for hydroxylation is 1. The lowest BCUT2D eigenvalue weighted by Gasteiger charge is -2.08. The molecule has 0 saturated heterocycles. The van der Waals surface area contributed by atoms with Gasteiger partial charge in [0.25, 0.3) is 0 Å². The second kappa shape index (κ2) is 6.64. The minimum absolute atomic E-state index is 0.0368. The van der Waals surface area contributed by atoms with Gasteiger partial charge in [0.05, 0.1) is 41.2 Å². The highest BCUT2D eigenvalue weighted by Crippen LogP contribution is 2.29. The van der Waals surface area contributed by atoms with Crippen LogP contribution >= 0.6 is 0 Å². The van der Waals surface area contributed by atoms with Crippen molar-refractivity contribution in [1.29, 1.82) is 5.26 Å². The first-order valence-corrected chi connectivity index (χ1v) is 7.63. The summed E-state index contributed by atoms with van der Waals surface area (Å²) in [4.78, 5) is 4.43. The number of halogens is 1. The molecule has 7 heteroatoms. The summed E-state index contributed by atoms with van der Waals surface area (Å²) in [6, 6.07) is 7.54. The topological polar surface area (TPSA) is 85.5 Å². The molecule has 2 aromatic heterocycles. The SMILES string of the molecule is CCn1nccc1-c1cc(C#N)cc2c1ncn2CC(F)=CCN. The highest BCUT2D eigenvalue weighted by molar-refractivity contribution is 5.92. The molecule has 0 bridgehead atoms. The minimum Gasteiger partial charge on any atom is -0.327 e. The van der Waals surface area contributed by atoms with Gasteiger partial charge in [-0.25, -0.2) is 9.37 Å². The van der Waals surface area contributed by atoms with Gasteiger partial charge in [0, 0.05) is 24.8 Å². The van der Waals surface area contributed by atoms with Gasteiger partial charge in [0.15, 0.2) is 0 Å². The van der Waals surface area contributed by atoms with Crippen molar-refractivity contribution < 1.29 is 4.39 Å². The quantitative estimate of drug-likeness (QED) is 0.781. The number of aromatic nitrogens is 4. The molecule has 0 aliphatic heterocycles. The fraction of sp³-hybridized carbons (Fsp3) is 0.235. The van der Waals surface area contributed by atoms with E-state index in [1.54, 1.807) is 29.2 Å². The molecule has 0 radical (unpaired) electrons. The smallest absolute Gasteiger partial charge is 0.117 e. The van der Waals surface area contributed by atoms with Gasteiger partial charge >= 0.3 is 0 Å². The van der Waals surface area contributed by atoms with Crippen molar-refractivity contribution in [3.8, 4) is 17.3 Å². The molecule has 3 rings (SSSR count). The van der Waals surface area contributed by atoms with Gasteiger partial charge in [-0.15, -0.1) is 0 Å². The summed E-state index contributed by atoms with van der Waals surface area (Å²) < 4.78 is 17.3. The Morgan fingerprint density at radius 1 is 1.46 bits per heavy atom. The summed E-state index contributed by atoms with van der Waals surface area (Å²) >= 11 is 0. The number of benzene rings is 1. The van der Waals surface area contributed by atoms with Crippen LogP contribution in [0.15, 0.2) is 42.6 Å².